The molecular weight excluding hydrogens is 435 g/mol. The number of aromatic nitrogens is 5. The number of pyridine rings is 1. The van der Waals surface area contributed by atoms with E-state index in [9.17, 15) is 18.0 Å². The third-order valence-corrected chi connectivity index (χ3v) is 5.92. The van der Waals surface area contributed by atoms with Gasteiger partial charge in [-0.25, -0.2) is 4.68 Å². The normalized spacial score (nSPS) is 15.5. The van der Waals surface area contributed by atoms with Gasteiger partial charge in [-0.15, -0.1) is 5.10 Å². The van der Waals surface area contributed by atoms with Crippen molar-refractivity contribution in [3.05, 3.63) is 65.7 Å². The lowest BCUT2D eigenvalue weighted by atomic mass is 10.0. The second kappa shape index (κ2) is 9.65. The van der Waals surface area contributed by atoms with Crippen LogP contribution in [0.25, 0.3) is 5.69 Å². The molecule has 0 radical (unpaired) electrons. The van der Waals surface area contributed by atoms with Gasteiger partial charge in [0.15, 0.2) is 0 Å². The van der Waals surface area contributed by atoms with E-state index in [0.29, 0.717) is 13.0 Å². The Morgan fingerprint density at radius 1 is 1.09 bits per heavy atom. The Kier molecular flexibility index (Phi) is 6.68. The van der Waals surface area contributed by atoms with Crippen molar-refractivity contribution in [3.63, 3.8) is 0 Å². The molecule has 1 saturated heterocycles. The van der Waals surface area contributed by atoms with E-state index in [1.165, 1.54) is 18.6 Å². The molecule has 1 fully saturated rings. The Labute approximate surface area is 189 Å². The maximum atomic E-state index is 12.8. The number of piperidine rings is 1. The highest BCUT2D eigenvalue weighted by Crippen LogP contribution is 2.27. The van der Waals surface area contributed by atoms with Crippen LogP contribution in [-0.4, -0.2) is 67.1 Å². The molecule has 174 valence electrons. The minimum absolute atomic E-state index is 0.0514. The summed E-state index contributed by atoms with van der Waals surface area (Å²) in [6, 6.07) is 10.2. The first-order chi connectivity index (χ1) is 15.8. The van der Waals surface area contributed by atoms with Gasteiger partial charge in [0.25, 0.3) is 0 Å². The van der Waals surface area contributed by atoms with Gasteiger partial charge >= 0.3 is 6.18 Å². The number of tetrazole rings is 1. The van der Waals surface area contributed by atoms with Gasteiger partial charge in [-0.1, -0.05) is 18.2 Å². The van der Waals surface area contributed by atoms with Crippen LogP contribution in [0.3, 0.4) is 0 Å². The SMILES string of the molecule is CN(C(=O)Cc1ccc(-n2cnnn2)cc1)C1CCN(Cc2ccc(C(F)(F)F)nc2)CC1. The molecule has 0 N–H and O–H groups in total. The highest BCUT2D eigenvalue weighted by Gasteiger charge is 2.32. The standard InChI is InChI=1S/C22H24F3N7O/c1-30(21(33)12-16-2-5-19(6-3-16)32-15-27-28-29-32)18-8-10-31(11-9-18)14-17-4-7-20(26-13-17)22(23,24)25/h2-7,13,15,18H,8-12,14H2,1H3. The average molecular weight is 459 g/mol. The van der Waals surface area contributed by atoms with Crippen molar-refractivity contribution in [3.8, 4) is 5.69 Å². The summed E-state index contributed by atoms with van der Waals surface area (Å²) in [7, 11) is 1.83. The number of rotatable bonds is 6. The Balaban J connectivity index is 1.25. The number of likely N-dealkylation sites (tertiary alicyclic amines) is 1. The minimum atomic E-state index is -4.43. The molecule has 0 saturated carbocycles. The zero-order chi connectivity index (χ0) is 23.4. The lowest BCUT2D eigenvalue weighted by Gasteiger charge is -2.36. The number of benzene rings is 1. The monoisotopic (exact) mass is 459 g/mol. The fourth-order valence-electron chi connectivity index (χ4n) is 3.96. The van der Waals surface area contributed by atoms with Crippen LogP contribution in [0, 0.1) is 0 Å². The molecular formula is C22H24F3N7O. The maximum Gasteiger partial charge on any atom is 0.433 e. The first-order valence-corrected chi connectivity index (χ1v) is 10.6. The number of hydrogen-bond donors (Lipinski definition) is 0. The van der Waals surface area contributed by atoms with E-state index < -0.39 is 11.9 Å². The summed E-state index contributed by atoms with van der Waals surface area (Å²) in [5.74, 6) is 0.0514. The molecule has 0 atom stereocenters. The second-order valence-corrected chi connectivity index (χ2v) is 8.16. The third-order valence-electron chi connectivity index (χ3n) is 5.92. The van der Waals surface area contributed by atoms with Crippen LogP contribution in [-0.2, 0) is 23.9 Å². The van der Waals surface area contributed by atoms with E-state index in [1.54, 1.807) is 4.68 Å². The predicted octanol–water partition coefficient (Wildman–Crippen LogP) is 2.74. The van der Waals surface area contributed by atoms with Gasteiger partial charge in [-0.2, -0.15) is 13.2 Å². The van der Waals surface area contributed by atoms with Gasteiger partial charge < -0.3 is 4.90 Å². The molecule has 4 rings (SSSR count). The first-order valence-electron chi connectivity index (χ1n) is 10.6. The summed E-state index contributed by atoms with van der Waals surface area (Å²) in [5, 5.41) is 11.1. The molecule has 1 amide bonds. The number of alkyl halides is 3. The zero-order valence-corrected chi connectivity index (χ0v) is 18.1. The van der Waals surface area contributed by atoms with Gasteiger partial charge in [0, 0.05) is 38.9 Å². The zero-order valence-electron chi connectivity index (χ0n) is 18.1. The largest absolute Gasteiger partial charge is 0.433 e. The highest BCUT2D eigenvalue weighted by atomic mass is 19.4. The molecule has 3 heterocycles. The Morgan fingerprint density at radius 3 is 2.36 bits per heavy atom. The van der Waals surface area contributed by atoms with Crippen molar-refractivity contribution >= 4 is 5.91 Å². The van der Waals surface area contributed by atoms with Crippen molar-refractivity contribution in [1.29, 1.82) is 0 Å². The quantitative estimate of drug-likeness (QED) is 0.564. The molecule has 8 nitrogen and oxygen atoms in total. The minimum Gasteiger partial charge on any atom is -0.342 e. The van der Waals surface area contributed by atoms with Crippen LogP contribution in [0.5, 0.6) is 0 Å². The first kappa shape index (κ1) is 22.8. The molecule has 0 spiro atoms. The third kappa shape index (κ3) is 5.72. The van der Waals surface area contributed by atoms with Crippen molar-refractivity contribution < 1.29 is 18.0 Å². The van der Waals surface area contributed by atoms with Gasteiger partial charge in [-0.3, -0.25) is 14.7 Å². The molecule has 3 aromatic rings. The summed E-state index contributed by atoms with van der Waals surface area (Å²) in [6.45, 7) is 2.08. The van der Waals surface area contributed by atoms with Crippen LogP contribution in [0.1, 0.15) is 29.7 Å². The van der Waals surface area contributed by atoms with E-state index in [4.69, 9.17) is 0 Å². The van der Waals surface area contributed by atoms with Crippen molar-refractivity contribution in [2.45, 2.75) is 38.0 Å². The lowest BCUT2D eigenvalue weighted by molar-refractivity contribution is -0.141. The molecule has 0 bridgehead atoms. The summed E-state index contributed by atoms with van der Waals surface area (Å²) in [5.41, 5.74) is 1.60. The van der Waals surface area contributed by atoms with E-state index >= 15 is 0 Å². The number of carbonyl (C=O) groups excluding carboxylic acids is 1. The highest BCUT2D eigenvalue weighted by molar-refractivity contribution is 5.78. The Hall–Kier alpha value is -3.34. The maximum absolute atomic E-state index is 12.8. The number of halogens is 3. The van der Waals surface area contributed by atoms with E-state index in [-0.39, 0.29) is 11.9 Å². The van der Waals surface area contributed by atoms with E-state index in [0.717, 1.165) is 48.8 Å². The van der Waals surface area contributed by atoms with Crippen LogP contribution < -0.4 is 0 Å². The van der Waals surface area contributed by atoms with Gasteiger partial charge in [0.1, 0.15) is 12.0 Å². The molecule has 11 heteroatoms. The topological polar surface area (TPSA) is 80.0 Å². The molecule has 0 unspecified atom stereocenters. The average Bonchev–Trinajstić information content (AvgIpc) is 3.34. The van der Waals surface area contributed by atoms with E-state index in [2.05, 4.69) is 25.4 Å². The Morgan fingerprint density at radius 2 is 1.79 bits per heavy atom. The van der Waals surface area contributed by atoms with Gasteiger partial charge in [-0.05, 0) is 52.6 Å². The molecule has 2 aromatic heterocycles. The molecule has 33 heavy (non-hydrogen) atoms. The number of hydrogen-bond acceptors (Lipinski definition) is 6. The fraction of sp³-hybridized carbons (Fsp3) is 0.409. The van der Waals surface area contributed by atoms with E-state index in [1.807, 2.05) is 36.2 Å². The van der Waals surface area contributed by atoms with Crippen LogP contribution >= 0.6 is 0 Å². The lowest BCUT2D eigenvalue weighted by Crippen LogP contribution is -2.45. The van der Waals surface area contributed by atoms with Crippen molar-refractivity contribution in [2.75, 3.05) is 20.1 Å². The van der Waals surface area contributed by atoms with Crippen molar-refractivity contribution in [2.24, 2.45) is 0 Å². The van der Waals surface area contributed by atoms with Crippen LogP contribution in [0.4, 0.5) is 13.2 Å². The van der Waals surface area contributed by atoms with Gasteiger partial charge in [0.2, 0.25) is 5.91 Å². The number of carbonyl (C=O) groups is 1. The summed E-state index contributed by atoms with van der Waals surface area (Å²) >= 11 is 0. The van der Waals surface area contributed by atoms with Crippen LogP contribution in [0.15, 0.2) is 48.9 Å². The summed E-state index contributed by atoms with van der Waals surface area (Å²) in [6.07, 6.45) is 0.307. The van der Waals surface area contributed by atoms with Gasteiger partial charge in [0.05, 0.1) is 12.1 Å². The summed E-state index contributed by atoms with van der Waals surface area (Å²) in [4.78, 5) is 20.3. The smallest absolute Gasteiger partial charge is 0.342 e. The predicted molar refractivity (Wildman–Crippen MR) is 113 cm³/mol. The number of amides is 1. The number of nitrogens with zero attached hydrogens (tertiary/aromatic N) is 7. The fourth-order valence-corrected chi connectivity index (χ4v) is 3.96. The second-order valence-electron chi connectivity index (χ2n) is 8.16. The molecule has 1 aliphatic heterocycles. The number of likely N-dealkylation sites (N-methyl/N-ethyl adjacent to an activating group) is 1. The van der Waals surface area contributed by atoms with Crippen molar-refractivity contribution in [1.82, 2.24) is 35.0 Å². The molecule has 1 aromatic carbocycles. The molecule has 1 aliphatic rings. The van der Waals surface area contributed by atoms with Crippen LogP contribution in [0.2, 0.25) is 0 Å². The molecule has 0 aliphatic carbocycles. The summed E-state index contributed by atoms with van der Waals surface area (Å²) < 4.78 is 39.5. The Bertz CT molecular complexity index is 1050.